The van der Waals surface area contributed by atoms with Gasteiger partial charge < -0.3 is 10.1 Å². The van der Waals surface area contributed by atoms with Crippen LogP contribution in [-0.2, 0) is 14.3 Å². The molecule has 0 aliphatic carbocycles. The summed E-state index contributed by atoms with van der Waals surface area (Å²) >= 11 is 0. The van der Waals surface area contributed by atoms with E-state index in [1.54, 1.807) is 0 Å². The van der Waals surface area contributed by atoms with Gasteiger partial charge in [0.15, 0.2) is 6.73 Å². The number of carbonyl (C=O) groups excluding carboxylic acids is 2. The van der Waals surface area contributed by atoms with E-state index in [9.17, 15) is 9.59 Å². The van der Waals surface area contributed by atoms with Gasteiger partial charge in [-0.3, -0.25) is 9.59 Å². The minimum Gasteiger partial charge on any atom is -0.447 e. The first kappa shape index (κ1) is 6.94. The van der Waals surface area contributed by atoms with Crippen LogP contribution in [0.1, 0.15) is 6.92 Å². The molecule has 0 rings (SSSR count). The summed E-state index contributed by atoms with van der Waals surface area (Å²) in [6.07, 6.45) is 0. The summed E-state index contributed by atoms with van der Waals surface area (Å²) in [6.45, 7) is 1.57. The highest BCUT2D eigenvalue weighted by atomic mass is 16.5. The van der Waals surface area contributed by atoms with Crippen molar-refractivity contribution in [1.29, 1.82) is 0 Å². The number of hydrogen-bond donors (Lipinski definition) is 1. The number of ether oxygens (including phenoxy) is 1. The van der Waals surface area contributed by atoms with Crippen molar-refractivity contribution in [2.75, 3.05) is 6.73 Å². The zero-order valence-electron chi connectivity index (χ0n) is 4.51. The maximum absolute atomic E-state index is 10.0. The summed E-state index contributed by atoms with van der Waals surface area (Å²) in [5, 5.41) is 2.25. The van der Waals surface area contributed by atoms with E-state index in [4.69, 9.17) is 0 Å². The lowest BCUT2D eigenvalue weighted by molar-refractivity contribution is -0.131. The highest BCUT2D eigenvalue weighted by Crippen LogP contribution is 1.60. The molecule has 0 aromatic carbocycles. The zero-order valence-corrected chi connectivity index (χ0v) is 4.51. The van der Waals surface area contributed by atoms with Gasteiger partial charge in [-0.2, -0.15) is 0 Å². The van der Waals surface area contributed by atoms with Gasteiger partial charge in [0.1, 0.15) is 0 Å². The first-order valence-electron chi connectivity index (χ1n) is 2.07. The van der Waals surface area contributed by atoms with E-state index in [-0.39, 0.29) is 19.1 Å². The molecule has 4 heteroatoms. The van der Waals surface area contributed by atoms with Crippen LogP contribution in [0.25, 0.3) is 0 Å². The fourth-order valence-electron chi connectivity index (χ4n) is 0.177. The Hall–Kier alpha value is -1.06. The second-order valence-electron chi connectivity index (χ2n) is 1.14. The van der Waals surface area contributed by atoms with Gasteiger partial charge in [0.2, 0.25) is 5.91 Å². The van der Waals surface area contributed by atoms with E-state index in [0.717, 1.165) is 0 Å². The highest BCUT2D eigenvalue weighted by Gasteiger charge is 1.85. The lowest BCUT2D eigenvalue weighted by Crippen LogP contribution is -2.22. The Kier molecular flexibility index (Phi) is 3.56. The minimum atomic E-state index is -0.216. The molecule has 4 nitrogen and oxygen atoms in total. The summed E-state index contributed by atoms with van der Waals surface area (Å²) in [4.78, 5) is 19.4. The number of amides is 1. The van der Waals surface area contributed by atoms with Crippen LogP contribution in [0.5, 0.6) is 0 Å². The second kappa shape index (κ2) is 4.11. The van der Waals surface area contributed by atoms with Crippen molar-refractivity contribution in [3.8, 4) is 0 Å². The van der Waals surface area contributed by atoms with Gasteiger partial charge in [-0.15, -0.1) is 0 Å². The number of rotatable bonds is 3. The Bertz CT molecular complexity index is 91.3. The molecule has 0 bridgehead atoms. The normalized spacial score (nSPS) is 7.62. The van der Waals surface area contributed by atoms with Gasteiger partial charge in [-0.05, 0) is 0 Å². The molecular weight excluding hydrogens is 110 g/mol. The van der Waals surface area contributed by atoms with Crippen molar-refractivity contribution in [2.45, 2.75) is 6.92 Å². The molecule has 0 spiro atoms. The monoisotopic (exact) mass is 117 g/mol. The molecule has 0 heterocycles. The molecule has 0 fully saturated rings. The van der Waals surface area contributed by atoms with Gasteiger partial charge >= 0.3 is 0 Å². The van der Waals surface area contributed by atoms with Crippen molar-refractivity contribution in [2.24, 2.45) is 0 Å². The quantitative estimate of drug-likeness (QED) is 0.300. The van der Waals surface area contributed by atoms with E-state index in [2.05, 4.69) is 10.1 Å². The minimum absolute atomic E-state index is 0.0428. The molecule has 0 aliphatic heterocycles. The lowest BCUT2D eigenvalue weighted by Gasteiger charge is -1.95. The predicted octanol–water partition coefficient (Wildman–Crippen LogP) is -0.747. The van der Waals surface area contributed by atoms with Crippen LogP contribution in [-0.4, -0.2) is 19.1 Å². The lowest BCUT2D eigenvalue weighted by atomic mass is 10.7. The Morgan fingerprint density at radius 2 is 2.50 bits per heavy atom. The van der Waals surface area contributed by atoms with E-state index in [1.165, 1.54) is 6.92 Å². The predicted molar refractivity (Wildman–Crippen MR) is 25.8 cm³/mol. The summed E-state index contributed by atoms with van der Waals surface area (Å²) in [5.41, 5.74) is 0. The zero-order chi connectivity index (χ0) is 6.41. The number of carbonyl (C=O) groups is 2. The van der Waals surface area contributed by atoms with Gasteiger partial charge in [-0.25, -0.2) is 0 Å². The Morgan fingerprint density at radius 1 is 1.88 bits per heavy atom. The number of nitrogens with one attached hydrogen (secondary N) is 1. The van der Waals surface area contributed by atoms with Crippen LogP contribution in [0.3, 0.4) is 0 Å². The number of hydrogen-bond acceptors (Lipinski definition) is 3. The fourth-order valence-corrected chi connectivity index (χ4v) is 0.177. The van der Waals surface area contributed by atoms with Crippen molar-refractivity contribution in [3.63, 3.8) is 0 Å². The Morgan fingerprint density at radius 3 is 2.88 bits per heavy atom. The summed E-state index contributed by atoms with van der Waals surface area (Å²) in [7, 11) is 0. The van der Waals surface area contributed by atoms with Crippen molar-refractivity contribution < 1.29 is 14.3 Å². The molecule has 1 amide bonds. The van der Waals surface area contributed by atoms with E-state index < -0.39 is 0 Å². The third kappa shape index (κ3) is 4.94. The summed E-state index contributed by atoms with van der Waals surface area (Å²) in [5.74, 6) is -0.216. The maximum atomic E-state index is 10.0. The van der Waals surface area contributed by atoms with Crippen LogP contribution in [0.2, 0.25) is 0 Å². The van der Waals surface area contributed by atoms with Gasteiger partial charge in [0.25, 0.3) is 6.47 Å². The molecule has 0 saturated carbocycles. The third-order valence-corrected chi connectivity index (χ3v) is 0.472. The van der Waals surface area contributed by atoms with Crippen LogP contribution in [0.15, 0.2) is 0 Å². The van der Waals surface area contributed by atoms with Crippen LogP contribution >= 0.6 is 0 Å². The Balaban J connectivity index is 2.93. The Labute approximate surface area is 46.8 Å². The molecule has 1 N–H and O–H groups in total. The van der Waals surface area contributed by atoms with Gasteiger partial charge in [-0.1, -0.05) is 0 Å². The molecule has 0 radical (unpaired) electrons. The van der Waals surface area contributed by atoms with Crippen molar-refractivity contribution in [1.82, 2.24) is 5.32 Å². The van der Waals surface area contributed by atoms with E-state index in [0.29, 0.717) is 0 Å². The maximum Gasteiger partial charge on any atom is 0.294 e. The van der Waals surface area contributed by atoms with E-state index in [1.807, 2.05) is 0 Å². The van der Waals surface area contributed by atoms with Crippen LogP contribution in [0, 0.1) is 0 Å². The van der Waals surface area contributed by atoms with Crippen molar-refractivity contribution in [3.05, 3.63) is 0 Å². The first-order chi connectivity index (χ1) is 3.77. The van der Waals surface area contributed by atoms with Gasteiger partial charge in [0.05, 0.1) is 0 Å². The fraction of sp³-hybridized carbons (Fsp3) is 0.500. The summed E-state index contributed by atoms with van der Waals surface area (Å²) in [6, 6.07) is 0. The molecule has 0 unspecified atom stereocenters. The molecule has 8 heavy (non-hydrogen) atoms. The highest BCUT2D eigenvalue weighted by molar-refractivity contribution is 5.72. The molecule has 0 aromatic rings. The van der Waals surface area contributed by atoms with Crippen LogP contribution < -0.4 is 5.32 Å². The van der Waals surface area contributed by atoms with Crippen LogP contribution in [0.4, 0.5) is 0 Å². The molecule has 0 saturated heterocycles. The molecular formula is C4H7NO3. The topological polar surface area (TPSA) is 55.4 Å². The average molecular weight is 117 g/mol. The first-order valence-corrected chi connectivity index (χ1v) is 2.07. The smallest absolute Gasteiger partial charge is 0.294 e. The molecule has 46 valence electrons. The van der Waals surface area contributed by atoms with Gasteiger partial charge in [0, 0.05) is 6.92 Å². The third-order valence-electron chi connectivity index (χ3n) is 0.472. The summed E-state index contributed by atoms with van der Waals surface area (Å²) < 4.78 is 4.13. The molecule has 0 atom stereocenters. The molecule has 0 aromatic heterocycles. The standard InChI is InChI=1S/C4H7NO3/c1-4(7)5-2-8-3-6/h3H,2H2,1H3,(H,5,7). The second-order valence-corrected chi connectivity index (χ2v) is 1.14. The average Bonchev–Trinajstić information content (AvgIpc) is 1.66. The van der Waals surface area contributed by atoms with Crippen molar-refractivity contribution >= 4 is 12.4 Å². The molecule has 0 aliphatic rings. The van der Waals surface area contributed by atoms with E-state index >= 15 is 0 Å². The SMILES string of the molecule is CC(=O)NCOC=O. The largest absolute Gasteiger partial charge is 0.447 e.